The quantitative estimate of drug-likeness (QED) is 0.846. The molecule has 22 heavy (non-hydrogen) atoms. The van der Waals surface area contributed by atoms with Crippen LogP contribution in [-0.2, 0) is 4.79 Å². The summed E-state index contributed by atoms with van der Waals surface area (Å²) in [5.41, 5.74) is 1.71. The topological polar surface area (TPSA) is 86.6 Å². The Morgan fingerprint density at radius 3 is 2.41 bits per heavy atom. The van der Waals surface area contributed by atoms with Gasteiger partial charge in [-0.3, -0.25) is 19.6 Å². The maximum Gasteiger partial charge on any atom is 0.323 e. The van der Waals surface area contributed by atoms with Crippen molar-refractivity contribution in [2.75, 3.05) is 33.7 Å². The van der Waals surface area contributed by atoms with Crippen LogP contribution < -0.4 is 0 Å². The first kappa shape index (κ1) is 15.8. The second kappa shape index (κ2) is 6.95. The minimum Gasteiger partial charge on any atom is -0.480 e. The van der Waals surface area contributed by atoms with E-state index >= 15 is 0 Å². The highest BCUT2D eigenvalue weighted by Gasteiger charge is 2.19. The number of rotatable bonds is 6. The zero-order valence-electron chi connectivity index (χ0n) is 12.6. The number of carbonyl (C=O) groups excluding carboxylic acids is 1. The summed E-state index contributed by atoms with van der Waals surface area (Å²) >= 11 is 0. The summed E-state index contributed by atoms with van der Waals surface area (Å²) in [5, 5.41) is 8.99. The fourth-order valence-corrected chi connectivity index (χ4v) is 2.02. The summed E-state index contributed by atoms with van der Waals surface area (Å²) in [7, 11) is 3.74. The number of hydrogen-bond donors (Lipinski definition) is 1. The number of likely N-dealkylation sites (N-methyl/N-ethyl adjacent to an activating group) is 1. The van der Waals surface area contributed by atoms with E-state index in [1.165, 1.54) is 4.90 Å². The van der Waals surface area contributed by atoms with Crippen LogP contribution in [-0.4, -0.2) is 70.5 Å². The van der Waals surface area contributed by atoms with Crippen molar-refractivity contribution in [2.24, 2.45) is 0 Å². The molecule has 0 bridgehead atoms. The normalized spacial score (nSPS) is 10.9. The van der Waals surface area contributed by atoms with Crippen LogP contribution in [0.15, 0.2) is 30.6 Å². The van der Waals surface area contributed by atoms with Gasteiger partial charge in [-0.15, -0.1) is 0 Å². The molecule has 0 aliphatic rings. The molecule has 2 rings (SSSR count). The number of fused-ring (bicyclic) bond motifs is 1. The van der Waals surface area contributed by atoms with Gasteiger partial charge in [0.2, 0.25) is 0 Å². The number of aliphatic carboxylic acids is 1. The van der Waals surface area contributed by atoms with Gasteiger partial charge in [-0.1, -0.05) is 0 Å². The Hall–Kier alpha value is -2.54. The lowest BCUT2D eigenvalue weighted by Gasteiger charge is -2.22. The SMILES string of the molecule is CN(C)CCN(CC(=O)O)C(=O)c1ccc2nccnc2c1. The number of carboxylic acids is 1. The van der Waals surface area contributed by atoms with E-state index in [1.807, 2.05) is 19.0 Å². The standard InChI is InChI=1S/C15H18N4O3/c1-18(2)7-8-19(10-14(20)21)15(22)11-3-4-12-13(9-11)17-6-5-16-12/h3-6,9H,7-8,10H2,1-2H3,(H,20,21). The van der Waals surface area contributed by atoms with E-state index in [0.29, 0.717) is 29.7 Å². The summed E-state index contributed by atoms with van der Waals surface area (Å²) in [5.74, 6) is -1.36. The number of hydrogen-bond acceptors (Lipinski definition) is 5. The lowest BCUT2D eigenvalue weighted by atomic mass is 10.1. The van der Waals surface area contributed by atoms with E-state index in [1.54, 1.807) is 30.6 Å². The van der Waals surface area contributed by atoms with Gasteiger partial charge in [-0.2, -0.15) is 0 Å². The number of nitrogens with zero attached hydrogens (tertiary/aromatic N) is 4. The van der Waals surface area contributed by atoms with Crippen LogP contribution in [0.4, 0.5) is 0 Å². The van der Waals surface area contributed by atoms with Crippen LogP contribution in [0, 0.1) is 0 Å². The zero-order chi connectivity index (χ0) is 16.1. The summed E-state index contributed by atoms with van der Waals surface area (Å²) < 4.78 is 0. The fourth-order valence-electron chi connectivity index (χ4n) is 2.02. The molecule has 2 aromatic rings. The number of carboxylic acid groups (broad SMARTS) is 1. The lowest BCUT2D eigenvalue weighted by molar-refractivity contribution is -0.137. The van der Waals surface area contributed by atoms with Crippen molar-refractivity contribution in [1.82, 2.24) is 19.8 Å². The molecular weight excluding hydrogens is 284 g/mol. The molecule has 1 amide bonds. The van der Waals surface area contributed by atoms with Crippen LogP contribution in [0.1, 0.15) is 10.4 Å². The Labute approximate surface area is 128 Å². The van der Waals surface area contributed by atoms with Crippen LogP contribution in [0.2, 0.25) is 0 Å². The van der Waals surface area contributed by atoms with Gasteiger partial charge in [0.25, 0.3) is 5.91 Å². The second-order valence-electron chi connectivity index (χ2n) is 5.18. The third-order valence-corrected chi connectivity index (χ3v) is 3.15. The minimum atomic E-state index is -1.03. The molecule has 7 nitrogen and oxygen atoms in total. The maximum atomic E-state index is 12.5. The van der Waals surface area contributed by atoms with Gasteiger partial charge in [-0.05, 0) is 32.3 Å². The largest absolute Gasteiger partial charge is 0.480 e. The summed E-state index contributed by atoms with van der Waals surface area (Å²) in [4.78, 5) is 35.0. The molecule has 0 fully saturated rings. The summed E-state index contributed by atoms with van der Waals surface area (Å²) in [6, 6.07) is 4.99. The molecule has 0 aliphatic carbocycles. The second-order valence-corrected chi connectivity index (χ2v) is 5.18. The van der Waals surface area contributed by atoms with Crippen molar-refractivity contribution in [3.05, 3.63) is 36.2 Å². The van der Waals surface area contributed by atoms with Gasteiger partial charge in [0.15, 0.2) is 0 Å². The van der Waals surface area contributed by atoms with Crippen molar-refractivity contribution in [1.29, 1.82) is 0 Å². The average molecular weight is 302 g/mol. The van der Waals surface area contributed by atoms with Crippen molar-refractivity contribution >= 4 is 22.9 Å². The molecule has 1 heterocycles. The third-order valence-electron chi connectivity index (χ3n) is 3.15. The van der Waals surface area contributed by atoms with E-state index in [0.717, 1.165) is 0 Å². The smallest absolute Gasteiger partial charge is 0.323 e. The van der Waals surface area contributed by atoms with Gasteiger partial charge in [-0.25, -0.2) is 0 Å². The Bertz CT molecular complexity index is 687. The molecule has 0 aliphatic heterocycles. The zero-order valence-corrected chi connectivity index (χ0v) is 12.6. The van der Waals surface area contributed by atoms with Gasteiger partial charge in [0.1, 0.15) is 6.54 Å². The highest BCUT2D eigenvalue weighted by Crippen LogP contribution is 2.13. The number of aromatic nitrogens is 2. The van der Waals surface area contributed by atoms with E-state index in [-0.39, 0.29) is 12.5 Å². The Morgan fingerprint density at radius 1 is 1.09 bits per heavy atom. The molecule has 1 aromatic carbocycles. The monoisotopic (exact) mass is 302 g/mol. The fraction of sp³-hybridized carbons (Fsp3) is 0.333. The van der Waals surface area contributed by atoms with Crippen LogP contribution in [0.3, 0.4) is 0 Å². The third kappa shape index (κ3) is 3.98. The summed E-state index contributed by atoms with van der Waals surface area (Å²) in [6.07, 6.45) is 3.13. The Balaban J connectivity index is 2.24. The van der Waals surface area contributed by atoms with Crippen molar-refractivity contribution in [2.45, 2.75) is 0 Å². The first-order valence-electron chi connectivity index (χ1n) is 6.84. The van der Waals surface area contributed by atoms with E-state index in [2.05, 4.69) is 9.97 Å². The van der Waals surface area contributed by atoms with Crippen molar-refractivity contribution in [3.8, 4) is 0 Å². The first-order chi connectivity index (χ1) is 10.5. The van der Waals surface area contributed by atoms with Gasteiger partial charge < -0.3 is 14.9 Å². The molecule has 1 N–H and O–H groups in total. The predicted octanol–water partition coefficient (Wildman–Crippen LogP) is 0.718. The van der Waals surface area contributed by atoms with Gasteiger partial charge in [0, 0.05) is 31.0 Å². The van der Waals surface area contributed by atoms with E-state index in [9.17, 15) is 9.59 Å². The van der Waals surface area contributed by atoms with Crippen molar-refractivity contribution in [3.63, 3.8) is 0 Å². The van der Waals surface area contributed by atoms with E-state index < -0.39 is 5.97 Å². The van der Waals surface area contributed by atoms with Gasteiger partial charge in [0.05, 0.1) is 11.0 Å². The van der Waals surface area contributed by atoms with Crippen LogP contribution >= 0.6 is 0 Å². The molecule has 0 unspecified atom stereocenters. The maximum absolute atomic E-state index is 12.5. The van der Waals surface area contributed by atoms with Crippen molar-refractivity contribution < 1.29 is 14.7 Å². The molecule has 0 saturated heterocycles. The molecule has 0 radical (unpaired) electrons. The van der Waals surface area contributed by atoms with Gasteiger partial charge >= 0.3 is 5.97 Å². The van der Waals surface area contributed by atoms with Crippen LogP contribution in [0.25, 0.3) is 11.0 Å². The number of benzene rings is 1. The Kier molecular flexibility index (Phi) is 5.00. The highest BCUT2D eigenvalue weighted by atomic mass is 16.4. The first-order valence-corrected chi connectivity index (χ1v) is 6.84. The van der Waals surface area contributed by atoms with Crippen LogP contribution in [0.5, 0.6) is 0 Å². The molecule has 0 atom stereocenters. The number of amides is 1. The Morgan fingerprint density at radius 2 is 1.77 bits per heavy atom. The predicted molar refractivity (Wildman–Crippen MR) is 81.6 cm³/mol. The van der Waals surface area contributed by atoms with E-state index in [4.69, 9.17) is 5.11 Å². The molecule has 0 spiro atoms. The molecule has 116 valence electrons. The highest BCUT2D eigenvalue weighted by molar-refractivity contribution is 5.98. The molecule has 0 saturated carbocycles. The molecule has 1 aromatic heterocycles. The molecule has 7 heteroatoms. The molecular formula is C15H18N4O3. The summed E-state index contributed by atoms with van der Waals surface area (Å²) in [6.45, 7) is 0.605. The minimum absolute atomic E-state index is 0.322. The average Bonchev–Trinajstić information content (AvgIpc) is 2.49. The lowest BCUT2D eigenvalue weighted by Crippen LogP contribution is -2.40. The number of carbonyl (C=O) groups is 2.